The quantitative estimate of drug-likeness (QED) is 0.250. The number of aromatic nitrogens is 1. The number of sulfonamides is 1. The highest BCUT2D eigenvalue weighted by Gasteiger charge is 2.19. The number of rotatable bonds is 9. The predicted octanol–water partition coefficient (Wildman–Crippen LogP) is 5.14. The zero-order valence-electron chi connectivity index (χ0n) is 18.7. The van der Waals surface area contributed by atoms with Crippen LogP contribution >= 0.6 is 11.8 Å². The van der Waals surface area contributed by atoms with Gasteiger partial charge in [-0.15, -0.1) is 0 Å². The first kappa shape index (κ1) is 23.7. The summed E-state index contributed by atoms with van der Waals surface area (Å²) < 4.78 is 44.8. The molecule has 1 heterocycles. The number of anilines is 1. The van der Waals surface area contributed by atoms with Gasteiger partial charge >= 0.3 is 0 Å². The summed E-state index contributed by atoms with van der Waals surface area (Å²) in [7, 11) is -0.833. The number of para-hydroxylation sites is 2. The van der Waals surface area contributed by atoms with Crippen LogP contribution in [0.3, 0.4) is 0 Å². The van der Waals surface area contributed by atoms with Crippen molar-refractivity contribution in [3.8, 4) is 11.5 Å². The number of nitrogens with one attached hydrogen (secondary N) is 1. The van der Waals surface area contributed by atoms with Gasteiger partial charge in [0.05, 0.1) is 24.8 Å². The minimum atomic E-state index is -3.87. The number of oxazole rings is 1. The average molecular weight is 499 g/mol. The number of nitrogens with zero attached hydrogens (tertiary/aromatic N) is 1. The minimum Gasteiger partial charge on any atom is -0.496 e. The molecule has 0 unspecified atom stereocenters. The standard InChI is InChI=1S/C24H22N2O6S2/c1-15(27)16-8-10-21(30-2)17(12-16)14-33-24-25-20-13-18(9-11-23(20)32-24)34(28,29)26-19-6-4-5-7-22(19)31-3/h4-13,26H,14H2,1-3H3. The number of methoxy groups -OCH3 is 2. The summed E-state index contributed by atoms with van der Waals surface area (Å²) in [5.74, 6) is 1.49. The Morgan fingerprint density at radius 2 is 1.79 bits per heavy atom. The van der Waals surface area contributed by atoms with Crippen molar-refractivity contribution in [3.63, 3.8) is 0 Å². The van der Waals surface area contributed by atoms with Crippen LogP contribution in [0.2, 0.25) is 0 Å². The predicted molar refractivity (Wildman–Crippen MR) is 130 cm³/mol. The van der Waals surface area contributed by atoms with Gasteiger partial charge in [0.2, 0.25) is 0 Å². The van der Waals surface area contributed by atoms with Gasteiger partial charge in [-0.1, -0.05) is 23.9 Å². The number of hydrogen-bond acceptors (Lipinski definition) is 8. The molecule has 0 atom stereocenters. The van der Waals surface area contributed by atoms with E-state index in [-0.39, 0.29) is 10.7 Å². The fourth-order valence-corrected chi connectivity index (χ4v) is 5.20. The maximum atomic E-state index is 12.9. The number of ether oxygens (including phenoxy) is 2. The molecule has 34 heavy (non-hydrogen) atoms. The molecule has 4 rings (SSSR count). The second-order valence-electron chi connectivity index (χ2n) is 7.29. The number of benzene rings is 3. The van der Waals surface area contributed by atoms with E-state index >= 15 is 0 Å². The minimum absolute atomic E-state index is 0.0359. The molecule has 3 aromatic carbocycles. The van der Waals surface area contributed by atoms with Gasteiger partial charge in [0.15, 0.2) is 11.4 Å². The summed E-state index contributed by atoms with van der Waals surface area (Å²) >= 11 is 1.32. The van der Waals surface area contributed by atoms with Gasteiger partial charge in [-0.25, -0.2) is 13.4 Å². The van der Waals surface area contributed by atoms with Crippen molar-refractivity contribution in [2.24, 2.45) is 0 Å². The first-order valence-corrected chi connectivity index (χ1v) is 12.6. The molecule has 176 valence electrons. The zero-order chi connectivity index (χ0) is 24.3. The molecule has 0 saturated heterocycles. The van der Waals surface area contributed by atoms with Crippen molar-refractivity contribution in [1.82, 2.24) is 4.98 Å². The van der Waals surface area contributed by atoms with Crippen molar-refractivity contribution in [3.05, 3.63) is 71.8 Å². The topological polar surface area (TPSA) is 108 Å². The highest BCUT2D eigenvalue weighted by atomic mass is 32.2. The Balaban J connectivity index is 1.56. The summed E-state index contributed by atoms with van der Waals surface area (Å²) in [4.78, 5) is 16.2. The van der Waals surface area contributed by atoms with Crippen LogP contribution in [0.15, 0.2) is 75.2 Å². The van der Waals surface area contributed by atoms with E-state index in [2.05, 4.69) is 9.71 Å². The van der Waals surface area contributed by atoms with Gasteiger partial charge in [-0.2, -0.15) is 0 Å². The van der Waals surface area contributed by atoms with Crippen LogP contribution in [0.4, 0.5) is 5.69 Å². The van der Waals surface area contributed by atoms with Gasteiger partial charge in [0, 0.05) is 16.9 Å². The summed E-state index contributed by atoms with van der Waals surface area (Å²) in [5.41, 5.74) is 2.62. The summed E-state index contributed by atoms with van der Waals surface area (Å²) in [6.07, 6.45) is 0. The Morgan fingerprint density at radius 1 is 1.03 bits per heavy atom. The highest BCUT2D eigenvalue weighted by Crippen LogP contribution is 2.32. The second-order valence-corrected chi connectivity index (χ2v) is 9.90. The normalized spacial score (nSPS) is 11.4. The first-order chi connectivity index (χ1) is 16.3. The van der Waals surface area contributed by atoms with Crippen molar-refractivity contribution in [2.45, 2.75) is 22.8 Å². The number of hydrogen-bond donors (Lipinski definition) is 1. The first-order valence-electron chi connectivity index (χ1n) is 10.2. The van der Waals surface area contributed by atoms with E-state index in [1.165, 1.54) is 37.9 Å². The SMILES string of the molecule is COc1ccc(C(C)=O)cc1CSc1nc2cc(S(=O)(=O)Nc3ccccc3OC)ccc2o1. The molecule has 1 aromatic heterocycles. The average Bonchev–Trinajstić information content (AvgIpc) is 3.25. The molecular formula is C24H22N2O6S2. The maximum Gasteiger partial charge on any atom is 0.262 e. The summed E-state index contributed by atoms with van der Waals surface area (Å²) in [5, 5.41) is 0.373. The molecule has 0 fully saturated rings. The van der Waals surface area contributed by atoms with Crippen LogP contribution in [0.5, 0.6) is 11.5 Å². The van der Waals surface area contributed by atoms with E-state index in [0.717, 1.165) is 5.56 Å². The molecule has 1 N–H and O–H groups in total. The Hall–Kier alpha value is -3.50. The van der Waals surface area contributed by atoms with Gasteiger partial charge in [-0.3, -0.25) is 9.52 Å². The van der Waals surface area contributed by atoms with E-state index in [1.54, 1.807) is 55.6 Å². The number of thioether (sulfide) groups is 1. The summed E-state index contributed by atoms with van der Waals surface area (Å²) in [6, 6.07) is 16.5. The number of carbonyl (C=O) groups is 1. The Kier molecular flexibility index (Phi) is 6.80. The number of Topliss-reactive ketones (excluding diaryl/α,β-unsaturated/α-hetero) is 1. The Bertz CT molecular complexity index is 1460. The molecule has 0 bridgehead atoms. The van der Waals surface area contributed by atoms with Gasteiger partial charge in [-0.05, 0) is 55.5 Å². The van der Waals surface area contributed by atoms with Crippen LogP contribution in [0.25, 0.3) is 11.1 Å². The van der Waals surface area contributed by atoms with E-state index in [0.29, 0.717) is 44.8 Å². The van der Waals surface area contributed by atoms with E-state index < -0.39 is 10.0 Å². The molecule has 0 aliphatic rings. The largest absolute Gasteiger partial charge is 0.496 e. The van der Waals surface area contributed by atoms with Crippen molar-refractivity contribution in [1.29, 1.82) is 0 Å². The van der Waals surface area contributed by atoms with E-state index in [9.17, 15) is 13.2 Å². The van der Waals surface area contributed by atoms with Gasteiger partial charge < -0.3 is 13.9 Å². The lowest BCUT2D eigenvalue weighted by atomic mass is 10.1. The molecule has 0 spiro atoms. The lowest BCUT2D eigenvalue weighted by Crippen LogP contribution is -2.13. The molecule has 10 heteroatoms. The van der Waals surface area contributed by atoms with Crippen LogP contribution in [-0.2, 0) is 15.8 Å². The van der Waals surface area contributed by atoms with Crippen LogP contribution in [0.1, 0.15) is 22.8 Å². The van der Waals surface area contributed by atoms with Crippen molar-refractivity contribution < 1.29 is 27.1 Å². The van der Waals surface area contributed by atoms with Crippen molar-refractivity contribution in [2.75, 3.05) is 18.9 Å². The second kappa shape index (κ2) is 9.78. The molecule has 0 aliphatic heterocycles. The smallest absolute Gasteiger partial charge is 0.262 e. The van der Waals surface area contributed by atoms with Gasteiger partial charge in [0.1, 0.15) is 17.0 Å². The lowest BCUT2D eigenvalue weighted by Gasteiger charge is -2.11. The molecule has 0 amide bonds. The molecule has 0 radical (unpaired) electrons. The van der Waals surface area contributed by atoms with Crippen molar-refractivity contribution >= 4 is 44.4 Å². The van der Waals surface area contributed by atoms with Crippen LogP contribution in [-0.4, -0.2) is 33.4 Å². The molecular weight excluding hydrogens is 476 g/mol. The zero-order valence-corrected chi connectivity index (χ0v) is 20.3. The van der Waals surface area contributed by atoms with Crippen LogP contribution in [0, 0.1) is 0 Å². The Labute approximate surface area is 201 Å². The number of fused-ring (bicyclic) bond motifs is 1. The van der Waals surface area contributed by atoms with E-state index in [4.69, 9.17) is 13.9 Å². The molecule has 0 aliphatic carbocycles. The third-order valence-corrected chi connectivity index (χ3v) is 7.28. The third kappa shape index (κ3) is 5.02. The third-order valence-electron chi connectivity index (χ3n) is 5.04. The number of carbonyl (C=O) groups excluding carboxylic acids is 1. The molecule has 0 saturated carbocycles. The molecule has 8 nitrogen and oxygen atoms in total. The fourth-order valence-electron chi connectivity index (χ4n) is 3.30. The highest BCUT2D eigenvalue weighted by molar-refractivity contribution is 7.98. The monoisotopic (exact) mass is 498 g/mol. The lowest BCUT2D eigenvalue weighted by molar-refractivity contribution is 0.101. The fraction of sp³-hybridized carbons (Fsp3) is 0.167. The summed E-state index contributed by atoms with van der Waals surface area (Å²) in [6.45, 7) is 1.51. The molecule has 4 aromatic rings. The van der Waals surface area contributed by atoms with Gasteiger partial charge in [0.25, 0.3) is 15.2 Å². The van der Waals surface area contributed by atoms with E-state index in [1.807, 2.05) is 0 Å². The maximum absolute atomic E-state index is 12.9. The number of ketones is 1. The van der Waals surface area contributed by atoms with Crippen LogP contribution < -0.4 is 14.2 Å². The Morgan fingerprint density at radius 3 is 2.53 bits per heavy atom.